The van der Waals surface area contributed by atoms with Crippen molar-refractivity contribution in [3.8, 4) is 17.0 Å². The standard InChI is InChI=1S/C13H14N2O2/c1-8-12(15-13(14-8)9(2)16)10-6-4-5-7-11(10)17-3/h4-7H,1-3H3,(H,14,15). The molecule has 1 heterocycles. The van der Waals surface area contributed by atoms with E-state index in [2.05, 4.69) is 9.97 Å². The normalized spacial score (nSPS) is 10.3. The molecule has 0 saturated carbocycles. The minimum Gasteiger partial charge on any atom is -0.496 e. The van der Waals surface area contributed by atoms with E-state index in [1.54, 1.807) is 7.11 Å². The number of imidazole rings is 1. The minimum atomic E-state index is -0.0748. The maximum absolute atomic E-state index is 11.3. The van der Waals surface area contributed by atoms with Gasteiger partial charge in [-0.2, -0.15) is 0 Å². The van der Waals surface area contributed by atoms with Gasteiger partial charge in [0.2, 0.25) is 0 Å². The van der Waals surface area contributed by atoms with E-state index in [0.717, 1.165) is 22.7 Å². The lowest BCUT2D eigenvalue weighted by Gasteiger charge is -2.05. The van der Waals surface area contributed by atoms with Gasteiger partial charge in [-0.25, -0.2) is 4.98 Å². The molecule has 0 aliphatic heterocycles. The van der Waals surface area contributed by atoms with Gasteiger partial charge in [0.25, 0.3) is 0 Å². The quantitative estimate of drug-likeness (QED) is 0.824. The number of nitrogens with one attached hydrogen (secondary N) is 1. The second-order valence-electron chi connectivity index (χ2n) is 3.82. The Labute approximate surface area is 99.7 Å². The number of ether oxygens (including phenoxy) is 1. The minimum absolute atomic E-state index is 0.0748. The van der Waals surface area contributed by atoms with Crippen molar-refractivity contribution in [2.24, 2.45) is 0 Å². The van der Waals surface area contributed by atoms with Crippen molar-refractivity contribution in [2.75, 3.05) is 7.11 Å². The van der Waals surface area contributed by atoms with Crippen LogP contribution in [0.2, 0.25) is 0 Å². The Morgan fingerprint density at radius 3 is 2.65 bits per heavy atom. The van der Waals surface area contributed by atoms with Crippen LogP contribution in [0.3, 0.4) is 0 Å². The Kier molecular flexibility index (Phi) is 2.95. The highest BCUT2D eigenvalue weighted by Gasteiger charge is 2.14. The van der Waals surface area contributed by atoms with Crippen molar-refractivity contribution < 1.29 is 9.53 Å². The Hall–Kier alpha value is -2.10. The van der Waals surface area contributed by atoms with Crippen LogP contribution >= 0.6 is 0 Å². The molecule has 4 nitrogen and oxygen atoms in total. The van der Waals surface area contributed by atoms with Gasteiger partial charge in [-0.3, -0.25) is 4.79 Å². The molecule has 0 saturated heterocycles. The first kappa shape index (κ1) is 11.4. The fraction of sp³-hybridized carbons (Fsp3) is 0.231. The predicted molar refractivity (Wildman–Crippen MR) is 65.3 cm³/mol. The molecule has 1 N–H and O–H groups in total. The lowest BCUT2D eigenvalue weighted by atomic mass is 10.1. The van der Waals surface area contributed by atoms with Crippen molar-refractivity contribution in [1.29, 1.82) is 0 Å². The summed E-state index contributed by atoms with van der Waals surface area (Å²) in [5.41, 5.74) is 2.50. The van der Waals surface area contributed by atoms with Gasteiger partial charge in [0.15, 0.2) is 11.6 Å². The number of nitrogens with zero attached hydrogens (tertiary/aromatic N) is 1. The monoisotopic (exact) mass is 230 g/mol. The number of Topliss-reactive ketones (excluding diaryl/α,β-unsaturated/α-hetero) is 1. The molecule has 4 heteroatoms. The summed E-state index contributed by atoms with van der Waals surface area (Å²) >= 11 is 0. The van der Waals surface area contributed by atoms with Gasteiger partial charge in [-0.05, 0) is 19.1 Å². The third-order valence-electron chi connectivity index (χ3n) is 2.58. The van der Waals surface area contributed by atoms with E-state index in [4.69, 9.17) is 4.74 Å². The van der Waals surface area contributed by atoms with E-state index in [-0.39, 0.29) is 5.78 Å². The largest absolute Gasteiger partial charge is 0.496 e. The van der Waals surface area contributed by atoms with Crippen LogP contribution in [0.15, 0.2) is 24.3 Å². The SMILES string of the molecule is COc1ccccc1-c1nc(C(C)=O)[nH]c1C. The topological polar surface area (TPSA) is 55.0 Å². The lowest BCUT2D eigenvalue weighted by Crippen LogP contribution is -1.94. The fourth-order valence-corrected chi connectivity index (χ4v) is 1.73. The molecular weight excluding hydrogens is 216 g/mol. The molecule has 0 atom stereocenters. The Bertz CT molecular complexity index is 558. The molecule has 17 heavy (non-hydrogen) atoms. The van der Waals surface area contributed by atoms with Gasteiger partial charge in [0, 0.05) is 18.2 Å². The number of ketones is 1. The predicted octanol–water partition coefficient (Wildman–Crippen LogP) is 2.60. The molecule has 0 aliphatic rings. The molecule has 0 spiro atoms. The molecule has 0 bridgehead atoms. The molecule has 0 fully saturated rings. The van der Waals surface area contributed by atoms with Gasteiger partial charge < -0.3 is 9.72 Å². The molecule has 2 aromatic rings. The Balaban J connectivity index is 2.56. The summed E-state index contributed by atoms with van der Waals surface area (Å²) in [4.78, 5) is 18.6. The van der Waals surface area contributed by atoms with Gasteiger partial charge in [0.05, 0.1) is 12.8 Å². The van der Waals surface area contributed by atoms with Crippen LogP contribution in [0.25, 0.3) is 11.3 Å². The molecule has 0 unspecified atom stereocenters. The van der Waals surface area contributed by atoms with Crippen LogP contribution in [-0.4, -0.2) is 22.9 Å². The zero-order chi connectivity index (χ0) is 12.4. The molecule has 2 rings (SSSR count). The Morgan fingerprint density at radius 2 is 2.06 bits per heavy atom. The van der Waals surface area contributed by atoms with E-state index in [0.29, 0.717) is 5.82 Å². The second kappa shape index (κ2) is 4.41. The number of hydrogen-bond donors (Lipinski definition) is 1. The highest BCUT2D eigenvalue weighted by atomic mass is 16.5. The number of methoxy groups -OCH3 is 1. The molecule has 88 valence electrons. The van der Waals surface area contributed by atoms with Gasteiger partial charge in [0.1, 0.15) is 5.75 Å². The maximum atomic E-state index is 11.3. The number of rotatable bonds is 3. The molecule has 0 radical (unpaired) electrons. The van der Waals surface area contributed by atoms with Crippen LogP contribution in [0.5, 0.6) is 5.75 Å². The molecule has 0 amide bonds. The summed E-state index contributed by atoms with van der Waals surface area (Å²) in [5.74, 6) is 1.05. The number of carbonyl (C=O) groups is 1. The van der Waals surface area contributed by atoms with Crippen molar-refractivity contribution in [3.05, 3.63) is 35.8 Å². The maximum Gasteiger partial charge on any atom is 0.195 e. The van der Waals surface area contributed by atoms with E-state index >= 15 is 0 Å². The number of aromatic amines is 1. The number of aromatic nitrogens is 2. The summed E-state index contributed by atoms with van der Waals surface area (Å²) in [6.45, 7) is 3.38. The first-order valence-electron chi connectivity index (χ1n) is 5.34. The van der Waals surface area contributed by atoms with Crippen LogP contribution < -0.4 is 4.74 Å². The molecular formula is C13H14N2O2. The fourth-order valence-electron chi connectivity index (χ4n) is 1.73. The average Bonchev–Trinajstić information content (AvgIpc) is 2.71. The van der Waals surface area contributed by atoms with E-state index in [9.17, 15) is 4.79 Å². The Morgan fingerprint density at radius 1 is 1.35 bits per heavy atom. The highest BCUT2D eigenvalue weighted by Crippen LogP contribution is 2.30. The van der Waals surface area contributed by atoms with Gasteiger partial charge >= 0.3 is 0 Å². The van der Waals surface area contributed by atoms with Crippen molar-refractivity contribution in [3.63, 3.8) is 0 Å². The zero-order valence-electron chi connectivity index (χ0n) is 10.1. The highest BCUT2D eigenvalue weighted by molar-refractivity contribution is 5.91. The third kappa shape index (κ3) is 2.06. The number of hydrogen-bond acceptors (Lipinski definition) is 3. The number of aryl methyl sites for hydroxylation is 1. The van der Waals surface area contributed by atoms with E-state index in [1.165, 1.54) is 6.92 Å². The zero-order valence-corrected chi connectivity index (χ0v) is 10.1. The van der Waals surface area contributed by atoms with Crippen LogP contribution in [0.4, 0.5) is 0 Å². The van der Waals surface area contributed by atoms with Crippen LogP contribution in [0, 0.1) is 6.92 Å². The first-order chi connectivity index (χ1) is 8.13. The van der Waals surface area contributed by atoms with Gasteiger partial charge in [-0.1, -0.05) is 12.1 Å². The number of para-hydroxylation sites is 1. The summed E-state index contributed by atoms with van der Waals surface area (Å²) in [6, 6.07) is 7.61. The summed E-state index contributed by atoms with van der Waals surface area (Å²) in [5, 5.41) is 0. The van der Waals surface area contributed by atoms with E-state index < -0.39 is 0 Å². The van der Waals surface area contributed by atoms with Crippen LogP contribution in [-0.2, 0) is 0 Å². The van der Waals surface area contributed by atoms with Gasteiger partial charge in [-0.15, -0.1) is 0 Å². The summed E-state index contributed by atoms with van der Waals surface area (Å²) in [7, 11) is 1.62. The summed E-state index contributed by atoms with van der Waals surface area (Å²) in [6.07, 6.45) is 0. The van der Waals surface area contributed by atoms with Crippen molar-refractivity contribution in [1.82, 2.24) is 9.97 Å². The number of benzene rings is 1. The second-order valence-corrected chi connectivity index (χ2v) is 3.82. The average molecular weight is 230 g/mol. The molecule has 1 aromatic carbocycles. The first-order valence-corrected chi connectivity index (χ1v) is 5.34. The van der Waals surface area contributed by atoms with Crippen molar-refractivity contribution in [2.45, 2.75) is 13.8 Å². The number of H-pyrrole nitrogens is 1. The summed E-state index contributed by atoms with van der Waals surface area (Å²) < 4.78 is 5.29. The van der Waals surface area contributed by atoms with Crippen molar-refractivity contribution >= 4 is 5.78 Å². The smallest absolute Gasteiger partial charge is 0.195 e. The van der Waals surface area contributed by atoms with Crippen LogP contribution in [0.1, 0.15) is 23.2 Å². The molecule has 0 aliphatic carbocycles. The number of carbonyl (C=O) groups excluding carboxylic acids is 1. The molecule has 1 aromatic heterocycles. The third-order valence-corrected chi connectivity index (χ3v) is 2.58. The lowest BCUT2D eigenvalue weighted by molar-refractivity contribution is 0.100. The van der Waals surface area contributed by atoms with E-state index in [1.807, 2.05) is 31.2 Å².